The summed E-state index contributed by atoms with van der Waals surface area (Å²) in [6.45, 7) is 0. The monoisotopic (exact) mass is 186 g/mol. The van der Waals surface area contributed by atoms with Gasteiger partial charge >= 0.3 is 23.5 Å². The molecule has 13 heavy (non-hydrogen) atoms. The van der Waals surface area contributed by atoms with Gasteiger partial charge in [-0.25, -0.2) is 9.59 Å². The summed E-state index contributed by atoms with van der Waals surface area (Å²) in [6.07, 6.45) is -0.776. The molecule has 7 heteroatoms. The fourth-order valence-electron chi connectivity index (χ4n) is 0.281. The molecule has 0 heterocycles. The third-order valence-electron chi connectivity index (χ3n) is 0.802. The lowest BCUT2D eigenvalue weighted by Gasteiger charge is -1.93. The second-order valence-electron chi connectivity index (χ2n) is 1.64. The third kappa shape index (κ3) is 3.14. The molecule has 0 rings (SSSR count). The molecule has 0 aliphatic carbocycles. The number of rotatable bonds is 4. The minimum absolute atomic E-state index is 0.388. The van der Waals surface area contributed by atoms with Crippen molar-refractivity contribution in [2.75, 3.05) is 0 Å². The summed E-state index contributed by atoms with van der Waals surface area (Å²) in [5, 5.41) is 0. The summed E-state index contributed by atoms with van der Waals surface area (Å²) in [5.74, 6) is -6.83. The van der Waals surface area contributed by atoms with Crippen LogP contribution in [0, 0.1) is 0 Å². The fraction of sp³-hybridized carbons (Fsp3) is 0. The zero-order valence-corrected chi connectivity index (χ0v) is 6.01. The molecule has 0 aromatic heterocycles. The molecule has 0 saturated carbocycles. The zero-order chi connectivity index (χ0) is 10.4. The number of carbonyl (C=O) groups is 6. The van der Waals surface area contributed by atoms with Gasteiger partial charge in [0.25, 0.3) is 0 Å². The summed E-state index contributed by atoms with van der Waals surface area (Å²) in [6, 6.07) is 0. The molecule has 0 aromatic rings. The topological polar surface area (TPSA) is 112 Å². The summed E-state index contributed by atoms with van der Waals surface area (Å²) in [4.78, 5) is 60.3. The molecule has 0 N–H and O–H groups in total. The molecule has 0 amide bonds. The van der Waals surface area contributed by atoms with Crippen LogP contribution >= 0.6 is 0 Å². The van der Waals surface area contributed by atoms with Gasteiger partial charge in [0.05, 0.1) is 0 Å². The molecule has 0 spiro atoms. The second kappa shape index (κ2) is 4.65. The molecule has 0 aliphatic heterocycles. The van der Waals surface area contributed by atoms with Crippen LogP contribution in [0.2, 0.25) is 0 Å². The maximum atomic E-state index is 10.3. The number of hydrogen-bond acceptors (Lipinski definition) is 7. The van der Waals surface area contributed by atoms with Crippen LogP contribution in [-0.2, 0) is 33.5 Å². The number of esters is 2. The van der Waals surface area contributed by atoms with Crippen molar-refractivity contribution in [1.29, 1.82) is 0 Å². The van der Waals surface area contributed by atoms with Gasteiger partial charge in [0, 0.05) is 0 Å². The van der Waals surface area contributed by atoms with E-state index < -0.39 is 23.5 Å². The number of carbonyl (C=O) groups excluding carboxylic acids is 6. The highest BCUT2D eigenvalue weighted by molar-refractivity contribution is 6.61. The largest absolute Gasteiger partial charge is 0.390 e. The van der Waals surface area contributed by atoms with Crippen LogP contribution in [-0.4, -0.2) is 36.1 Å². The maximum absolute atomic E-state index is 10.3. The summed E-state index contributed by atoms with van der Waals surface area (Å²) < 4.78 is 3.52. The van der Waals surface area contributed by atoms with E-state index in [0.29, 0.717) is 0 Å². The normalized spacial score (nSPS) is 8.31. The smallest absolute Gasteiger partial charge is 0.381 e. The lowest BCUT2D eigenvalue weighted by molar-refractivity contribution is -0.167. The molecule has 0 saturated heterocycles. The van der Waals surface area contributed by atoms with Crippen molar-refractivity contribution >= 4 is 36.1 Å². The maximum Gasteiger partial charge on any atom is 0.390 e. The Bertz CT molecular complexity index is 270. The molecule has 0 radical (unpaired) electrons. The van der Waals surface area contributed by atoms with Crippen LogP contribution in [0.5, 0.6) is 0 Å². The summed E-state index contributed by atoms with van der Waals surface area (Å²) in [7, 11) is 0. The highest BCUT2D eigenvalue weighted by atomic mass is 16.6. The van der Waals surface area contributed by atoms with Crippen molar-refractivity contribution in [3.8, 4) is 0 Å². The van der Waals surface area contributed by atoms with Crippen LogP contribution in [0.15, 0.2) is 0 Å². The van der Waals surface area contributed by atoms with Gasteiger partial charge in [-0.05, 0) is 0 Å². The number of Topliss-reactive ketones (excluding diaryl/α,β-unsaturated/α-hetero) is 2. The predicted molar refractivity (Wildman–Crippen MR) is 33.2 cm³/mol. The van der Waals surface area contributed by atoms with Gasteiger partial charge in [-0.1, -0.05) is 0 Å². The fourth-order valence-corrected chi connectivity index (χ4v) is 0.281. The van der Waals surface area contributed by atoms with E-state index in [1.54, 1.807) is 0 Å². The van der Waals surface area contributed by atoms with Crippen LogP contribution in [0.25, 0.3) is 0 Å². The van der Waals surface area contributed by atoms with Crippen molar-refractivity contribution in [3.05, 3.63) is 0 Å². The molecule has 68 valence electrons. The van der Waals surface area contributed by atoms with Crippen LogP contribution in [0.1, 0.15) is 0 Å². The SMILES string of the molecule is O=CC(=O)C(=O)OC(=O)C(=O)C=O. The molecule has 0 bridgehead atoms. The van der Waals surface area contributed by atoms with E-state index in [1.807, 2.05) is 0 Å². The van der Waals surface area contributed by atoms with Gasteiger partial charge in [-0.15, -0.1) is 0 Å². The van der Waals surface area contributed by atoms with E-state index in [1.165, 1.54) is 0 Å². The minimum Gasteiger partial charge on any atom is -0.381 e. The highest BCUT2D eigenvalue weighted by Crippen LogP contribution is 1.82. The first-order valence-electron chi connectivity index (χ1n) is 2.77. The molecule has 0 unspecified atom stereocenters. The summed E-state index contributed by atoms with van der Waals surface area (Å²) >= 11 is 0. The molecular formula is C6H2O7. The first-order valence-corrected chi connectivity index (χ1v) is 2.77. The Balaban J connectivity index is 4.30. The Morgan fingerprint density at radius 3 is 1.31 bits per heavy atom. The number of ether oxygens (including phenoxy) is 1. The van der Waals surface area contributed by atoms with Gasteiger partial charge in [-0.2, -0.15) is 0 Å². The molecule has 0 atom stereocenters. The van der Waals surface area contributed by atoms with Gasteiger partial charge in [0.15, 0.2) is 12.6 Å². The molecule has 0 aliphatic rings. The lowest BCUT2D eigenvalue weighted by atomic mass is 10.4. The Morgan fingerprint density at radius 2 is 1.08 bits per heavy atom. The lowest BCUT2D eigenvalue weighted by Crippen LogP contribution is -2.27. The van der Waals surface area contributed by atoms with Gasteiger partial charge in [-0.3, -0.25) is 19.2 Å². The first-order chi connectivity index (χ1) is 6.02. The average Bonchev–Trinajstić information content (AvgIpc) is 2.14. The quantitative estimate of drug-likeness (QED) is 0.208. The third-order valence-corrected chi connectivity index (χ3v) is 0.802. The Kier molecular flexibility index (Phi) is 3.87. The van der Waals surface area contributed by atoms with Crippen molar-refractivity contribution in [2.24, 2.45) is 0 Å². The Morgan fingerprint density at radius 1 is 0.769 bits per heavy atom. The van der Waals surface area contributed by atoms with E-state index in [9.17, 15) is 28.8 Å². The Hall–Kier alpha value is -2.18. The van der Waals surface area contributed by atoms with Crippen LogP contribution in [0.3, 0.4) is 0 Å². The van der Waals surface area contributed by atoms with Crippen molar-refractivity contribution in [1.82, 2.24) is 0 Å². The van der Waals surface area contributed by atoms with E-state index in [-0.39, 0.29) is 12.6 Å². The van der Waals surface area contributed by atoms with Crippen LogP contribution in [0.4, 0.5) is 0 Å². The van der Waals surface area contributed by atoms with E-state index >= 15 is 0 Å². The molecule has 7 nitrogen and oxygen atoms in total. The zero-order valence-electron chi connectivity index (χ0n) is 6.01. The van der Waals surface area contributed by atoms with Gasteiger partial charge in [0.1, 0.15) is 0 Å². The number of aldehydes is 2. The van der Waals surface area contributed by atoms with Crippen molar-refractivity contribution in [2.45, 2.75) is 0 Å². The minimum atomic E-state index is -1.80. The Labute approximate surface area is 70.6 Å². The van der Waals surface area contributed by atoms with Gasteiger partial charge in [0.2, 0.25) is 0 Å². The molecule has 0 fully saturated rings. The number of ketones is 2. The highest BCUT2D eigenvalue weighted by Gasteiger charge is 2.23. The van der Waals surface area contributed by atoms with Gasteiger partial charge < -0.3 is 4.74 Å². The first kappa shape index (κ1) is 10.8. The van der Waals surface area contributed by atoms with Crippen LogP contribution < -0.4 is 0 Å². The number of hydrogen-bond donors (Lipinski definition) is 0. The molecule has 0 aromatic carbocycles. The van der Waals surface area contributed by atoms with Crippen molar-refractivity contribution < 1.29 is 33.5 Å². The van der Waals surface area contributed by atoms with E-state index in [0.717, 1.165) is 0 Å². The average molecular weight is 186 g/mol. The summed E-state index contributed by atoms with van der Waals surface area (Å²) in [5.41, 5.74) is 0. The standard InChI is InChI=1S/C6H2O7/c7-1-3(9)5(11)13-6(12)4(10)2-8/h1-2H. The van der Waals surface area contributed by atoms with E-state index in [2.05, 4.69) is 4.74 Å². The predicted octanol–water partition coefficient (Wildman–Crippen LogP) is -2.41. The second-order valence-corrected chi connectivity index (χ2v) is 1.64. The van der Waals surface area contributed by atoms with Crippen molar-refractivity contribution in [3.63, 3.8) is 0 Å². The molecular weight excluding hydrogens is 184 g/mol. The van der Waals surface area contributed by atoms with E-state index in [4.69, 9.17) is 0 Å².